The van der Waals surface area contributed by atoms with Gasteiger partial charge in [0.1, 0.15) is 13.2 Å². The van der Waals surface area contributed by atoms with Gasteiger partial charge in [-0.3, -0.25) is 13.8 Å². The fourth-order valence-corrected chi connectivity index (χ4v) is 7.95. The molecule has 62 heavy (non-hydrogen) atoms. The van der Waals surface area contributed by atoms with Crippen molar-refractivity contribution in [3.8, 4) is 0 Å². The van der Waals surface area contributed by atoms with Crippen LogP contribution in [0.3, 0.4) is 0 Å². The van der Waals surface area contributed by atoms with Crippen LogP contribution in [-0.4, -0.2) is 73.4 Å². The molecule has 8 nitrogen and oxygen atoms in total. The van der Waals surface area contributed by atoms with E-state index in [0.29, 0.717) is 17.4 Å². The number of amides is 1. The molecule has 9 heteroatoms. The van der Waals surface area contributed by atoms with Gasteiger partial charge >= 0.3 is 7.82 Å². The van der Waals surface area contributed by atoms with Gasteiger partial charge in [0, 0.05) is 6.42 Å². The predicted molar refractivity (Wildman–Crippen MR) is 267 cm³/mol. The number of aliphatic hydroxyl groups is 1. The minimum absolute atomic E-state index is 0.0600. The number of nitrogens with zero attached hydrogens (tertiary/aromatic N) is 1. The van der Waals surface area contributed by atoms with Crippen LogP contribution in [0.25, 0.3) is 0 Å². The SMILES string of the molecule is CC/C=C\C/C=C\C/C=C\C/C=C\CCCCCCCCCCCCCCCCCCCCCCCCCCC(=O)NC(COP(=O)(O)OCC[N+](C)(C)C)C(O)/C=C/CCC. The summed E-state index contributed by atoms with van der Waals surface area (Å²) in [4.78, 5) is 22.8. The highest BCUT2D eigenvalue weighted by Crippen LogP contribution is 2.43. The third-order valence-electron chi connectivity index (χ3n) is 11.2. The number of unbranched alkanes of at least 4 members (excludes halogenated alkanes) is 25. The molecule has 1 amide bonds. The van der Waals surface area contributed by atoms with Crippen molar-refractivity contribution in [1.29, 1.82) is 0 Å². The van der Waals surface area contributed by atoms with Crippen LogP contribution in [0.1, 0.15) is 219 Å². The number of carbonyl (C=O) groups excluding carboxylic acids is 1. The molecule has 3 N–H and O–H groups in total. The molecule has 0 aromatic rings. The molecule has 0 aliphatic carbocycles. The summed E-state index contributed by atoms with van der Waals surface area (Å²) in [5.41, 5.74) is 0. The van der Waals surface area contributed by atoms with E-state index < -0.39 is 20.0 Å². The number of hydrogen-bond acceptors (Lipinski definition) is 5. The lowest BCUT2D eigenvalue weighted by Gasteiger charge is -2.25. The molecule has 0 heterocycles. The van der Waals surface area contributed by atoms with Crippen LogP contribution in [-0.2, 0) is 18.4 Å². The van der Waals surface area contributed by atoms with E-state index in [-0.39, 0.29) is 19.1 Å². The third-order valence-corrected chi connectivity index (χ3v) is 12.2. The lowest BCUT2D eigenvalue weighted by atomic mass is 10.0. The second-order valence-electron chi connectivity index (χ2n) is 18.5. The topological polar surface area (TPSA) is 105 Å². The van der Waals surface area contributed by atoms with Crippen LogP contribution < -0.4 is 5.32 Å². The number of nitrogens with one attached hydrogen (secondary N) is 1. The van der Waals surface area contributed by atoms with E-state index in [1.165, 1.54) is 141 Å². The Morgan fingerprint density at radius 2 is 0.968 bits per heavy atom. The maximum atomic E-state index is 12.7. The summed E-state index contributed by atoms with van der Waals surface area (Å²) in [5.74, 6) is -0.188. The number of allylic oxidation sites excluding steroid dienone is 9. The monoisotopic (exact) mass is 892 g/mol. The summed E-state index contributed by atoms with van der Waals surface area (Å²) in [5, 5.41) is 13.5. The van der Waals surface area contributed by atoms with Gasteiger partial charge in [-0.05, 0) is 51.4 Å². The zero-order chi connectivity index (χ0) is 45.7. The Bertz CT molecular complexity index is 1190. The largest absolute Gasteiger partial charge is 0.472 e. The van der Waals surface area contributed by atoms with Crippen LogP contribution in [0.5, 0.6) is 0 Å². The molecule has 0 saturated heterocycles. The van der Waals surface area contributed by atoms with Gasteiger partial charge < -0.3 is 19.8 Å². The maximum Gasteiger partial charge on any atom is 0.472 e. The van der Waals surface area contributed by atoms with Crippen LogP contribution in [0, 0.1) is 0 Å². The Kier molecular flexibility index (Phi) is 43.1. The highest BCUT2D eigenvalue weighted by molar-refractivity contribution is 7.47. The molecule has 3 unspecified atom stereocenters. The average Bonchev–Trinajstić information content (AvgIpc) is 3.23. The van der Waals surface area contributed by atoms with E-state index in [1.54, 1.807) is 6.08 Å². The summed E-state index contributed by atoms with van der Waals surface area (Å²) in [6.45, 7) is 4.49. The van der Waals surface area contributed by atoms with E-state index in [4.69, 9.17) is 9.05 Å². The number of quaternary nitrogens is 1. The normalized spacial score (nSPS) is 14.6. The minimum atomic E-state index is -4.31. The van der Waals surface area contributed by atoms with E-state index >= 15 is 0 Å². The molecule has 0 fully saturated rings. The number of rotatable bonds is 46. The van der Waals surface area contributed by atoms with Gasteiger partial charge in [-0.1, -0.05) is 222 Å². The van der Waals surface area contributed by atoms with Crippen LogP contribution >= 0.6 is 7.82 Å². The number of phosphoric acid groups is 1. The molecular formula is C53H100N2O6P+. The molecule has 0 bridgehead atoms. The molecule has 0 saturated carbocycles. The van der Waals surface area contributed by atoms with Gasteiger partial charge in [-0.2, -0.15) is 0 Å². The van der Waals surface area contributed by atoms with Crippen molar-refractivity contribution in [3.05, 3.63) is 60.8 Å². The number of phosphoric ester groups is 1. The first-order valence-electron chi connectivity index (χ1n) is 25.7. The van der Waals surface area contributed by atoms with Crippen LogP contribution in [0.15, 0.2) is 60.8 Å². The van der Waals surface area contributed by atoms with E-state index in [9.17, 15) is 19.4 Å². The molecule has 0 rings (SSSR count). The summed E-state index contributed by atoms with van der Waals surface area (Å²) in [7, 11) is 1.57. The molecule has 362 valence electrons. The number of aliphatic hydroxyl groups excluding tert-OH is 1. The number of likely N-dealkylation sites (N-methyl/N-ethyl adjacent to an activating group) is 1. The summed E-state index contributed by atoms with van der Waals surface area (Å²) < 4.78 is 23.3. The van der Waals surface area contributed by atoms with Crippen molar-refractivity contribution in [1.82, 2.24) is 5.32 Å². The van der Waals surface area contributed by atoms with Crippen molar-refractivity contribution < 1.29 is 32.9 Å². The zero-order valence-electron chi connectivity index (χ0n) is 41.1. The Balaban J connectivity index is 3.65. The van der Waals surface area contributed by atoms with Gasteiger partial charge in [-0.25, -0.2) is 4.57 Å². The van der Waals surface area contributed by atoms with Gasteiger partial charge in [-0.15, -0.1) is 0 Å². The fraction of sp³-hybridized carbons (Fsp3) is 0.792. The highest BCUT2D eigenvalue weighted by atomic mass is 31.2. The average molecular weight is 892 g/mol. The third kappa shape index (κ3) is 46.2. The fourth-order valence-electron chi connectivity index (χ4n) is 7.22. The smallest absolute Gasteiger partial charge is 0.387 e. The van der Waals surface area contributed by atoms with E-state index in [2.05, 4.69) is 60.8 Å². The lowest BCUT2D eigenvalue weighted by molar-refractivity contribution is -0.870. The quantitative estimate of drug-likeness (QED) is 0.0243. The molecular weight excluding hydrogens is 792 g/mol. The molecule has 0 aliphatic heterocycles. The van der Waals surface area contributed by atoms with Gasteiger partial charge in [0.25, 0.3) is 0 Å². The van der Waals surface area contributed by atoms with Gasteiger partial charge in [0.05, 0.1) is 39.9 Å². The van der Waals surface area contributed by atoms with Crippen molar-refractivity contribution >= 4 is 13.7 Å². The first-order chi connectivity index (χ1) is 30.0. The molecule has 0 aliphatic rings. The zero-order valence-corrected chi connectivity index (χ0v) is 42.0. The Labute approximate surface area is 383 Å². The van der Waals surface area contributed by atoms with Crippen molar-refractivity contribution in [2.75, 3.05) is 40.9 Å². The van der Waals surface area contributed by atoms with E-state index in [1.807, 2.05) is 34.1 Å². The molecule has 0 spiro atoms. The number of carbonyl (C=O) groups is 1. The Morgan fingerprint density at radius 1 is 0.565 bits per heavy atom. The molecule has 0 aromatic heterocycles. The summed E-state index contributed by atoms with van der Waals surface area (Å²) in [6.07, 6.45) is 60.0. The minimum Gasteiger partial charge on any atom is -0.387 e. The summed E-state index contributed by atoms with van der Waals surface area (Å²) in [6, 6.07) is -0.840. The Morgan fingerprint density at radius 3 is 1.39 bits per heavy atom. The number of hydrogen-bond donors (Lipinski definition) is 3. The van der Waals surface area contributed by atoms with Crippen molar-refractivity contribution in [3.63, 3.8) is 0 Å². The first kappa shape index (κ1) is 60.2. The molecule has 0 radical (unpaired) electrons. The van der Waals surface area contributed by atoms with Gasteiger partial charge in [0.2, 0.25) is 5.91 Å². The molecule has 0 aromatic carbocycles. The van der Waals surface area contributed by atoms with Crippen molar-refractivity contribution in [2.24, 2.45) is 0 Å². The standard InChI is InChI=1S/C53H99N2O6P/c1-6-8-10-11-12-13-14-15-16-17-18-19-20-21-22-23-24-25-26-27-28-29-30-31-32-33-34-35-36-37-38-39-40-41-42-43-45-47-53(57)54-51(52(56)46-44-9-7-2)50-61-62(58,59)60-49-48-55(3,4)5/h8,10,12-13,15-16,18-19,44,46,51-52,56H,6-7,9,11,14,17,20-43,45,47-50H2,1-5H3,(H-,54,57,58,59)/p+1/b10-8-,13-12-,16-15-,19-18-,46-44+. The second kappa shape index (κ2) is 44.4. The molecule has 3 atom stereocenters. The van der Waals surface area contributed by atoms with Crippen molar-refractivity contribution in [2.45, 2.75) is 231 Å². The highest BCUT2D eigenvalue weighted by Gasteiger charge is 2.27. The predicted octanol–water partition coefficient (Wildman–Crippen LogP) is 15.0. The van der Waals surface area contributed by atoms with Crippen LogP contribution in [0.2, 0.25) is 0 Å². The first-order valence-corrected chi connectivity index (χ1v) is 27.2. The summed E-state index contributed by atoms with van der Waals surface area (Å²) >= 11 is 0. The maximum absolute atomic E-state index is 12.7. The van der Waals surface area contributed by atoms with E-state index in [0.717, 1.165) is 57.8 Å². The van der Waals surface area contributed by atoms with Crippen LogP contribution in [0.4, 0.5) is 0 Å². The second-order valence-corrected chi connectivity index (χ2v) is 20.0. The Hall–Kier alpha value is -1.80. The lowest BCUT2D eigenvalue weighted by Crippen LogP contribution is -2.45. The van der Waals surface area contributed by atoms with Gasteiger partial charge in [0.15, 0.2) is 0 Å².